The summed E-state index contributed by atoms with van der Waals surface area (Å²) in [4.78, 5) is 3.17. The van der Waals surface area contributed by atoms with Gasteiger partial charge in [0.05, 0.1) is 11.0 Å². The van der Waals surface area contributed by atoms with Gasteiger partial charge in [0.2, 0.25) is 10.0 Å². The highest BCUT2D eigenvalue weighted by Gasteiger charge is 2.17. The van der Waals surface area contributed by atoms with Gasteiger partial charge in [-0.25, -0.2) is 17.5 Å². The van der Waals surface area contributed by atoms with Gasteiger partial charge in [-0.1, -0.05) is 46.3 Å². The monoisotopic (exact) mass is 358 g/mol. The Morgan fingerprint density at radius 2 is 1.95 bits per heavy atom. The van der Waals surface area contributed by atoms with E-state index in [0.717, 1.165) is 24.0 Å². The highest BCUT2D eigenvalue weighted by molar-refractivity contribution is 9.09. The molecule has 1 unspecified atom stereocenters. The lowest BCUT2D eigenvalue weighted by Crippen LogP contribution is -2.27. The van der Waals surface area contributed by atoms with Gasteiger partial charge in [-0.15, -0.1) is 0 Å². The van der Waals surface area contributed by atoms with E-state index < -0.39 is 15.8 Å². The molecule has 1 N–H and O–H groups in total. The summed E-state index contributed by atoms with van der Waals surface area (Å²) in [6.45, 7) is 0.156. The molecule has 0 saturated carbocycles. The number of hydrogen-bond acceptors (Lipinski definition) is 3. The number of pyridine rings is 1. The van der Waals surface area contributed by atoms with Crippen molar-refractivity contribution in [3.05, 3.63) is 60.2 Å². The first-order valence-corrected chi connectivity index (χ1v) is 8.18. The Balaban J connectivity index is 2.07. The van der Waals surface area contributed by atoms with Crippen LogP contribution in [0.15, 0.2) is 53.7 Å². The average Bonchev–Trinajstić information content (AvgIpc) is 2.46. The first kappa shape index (κ1) is 15.1. The predicted molar refractivity (Wildman–Crippen MR) is 77.5 cm³/mol. The van der Waals surface area contributed by atoms with Crippen LogP contribution in [0.5, 0.6) is 0 Å². The van der Waals surface area contributed by atoms with Gasteiger partial charge in [-0.2, -0.15) is 0 Å². The van der Waals surface area contributed by atoms with Crippen molar-refractivity contribution in [2.75, 3.05) is 6.54 Å². The summed E-state index contributed by atoms with van der Waals surface area (Å²) in [6, 6.07) is 10.3. The normalized spacial score (nSPS) is 13.1. The molecule has 106 valence electrons. The van der Waals surface area contributed by atoms with Crippen molar-refractivity contribution in [1.29, 1.82) is 0 Å². The van der Waals surface area contributed by atoms with E-state index in [-0.39, 0.29) is 16.3 Å². The van der Waals surface area contributed by atoms with E-state index in [1.807, 2.05) is 30.3 Å². The molecule has 2 rings (SSSR count). The fourth-order valence-electron chi connectivity index (χ4n) is 1.59. The quantitative estimate of drug-likeness (QED) is 0.835. The van der Waals surface area contributed by atoms with Crippen LogP contribution in [-0.2, 0) is 10.0 Å². The molecule has 1 atom stereocenters. The maximum Gasteiger partial charge on any atom is 0.242 e. The molecule has 0 radical (unpaired) electrons. The molecule has 0 aliphatic heterocycles. The number of rotatable bonds is 5. The highest BCUT2D eigenvalue weighted by atomic mass is 79.9. The SMILES string of the molecule is O=S(=O)(NCC(Br)c1ccccc1)c1cncc(F)c1. The Morgan fingerprint density at radius 3 is 2.60 bits per heavy atom. The molecule has 7 heteroatoms. The third-order valence-electron chi connectivity index (χ3n) is 2.60. The minimum atomic E-state index is -3.77. The van der Waals surface area contributed by atoms with Crippen molar-refractivity contribution in [3.8, 4) is 0 Å². The number of alkyl halides is 1. The Kier molecular flexibility index (Phi) is 4.85. The van der Waals surface area contributed by atoms with Crippen molar-refractivity contribution < 1.29 is 12.8 Å². The van der Waals surface area contributed by atoms with Crippen LogP contribution >= 0.6 is 15.9 Å². The molecule has 0 fully saturated rings. The molecule has 1 aromatic heterocycles. The van der Waals surface area contributed by atoms with Crippen molar-refractivity contribution in [1.82, 2.24) is 9.71 Å². The van der Waals surface area contributed by atoms with Crippen molar-refractivity contribution >= 4 is 26.0 Å². The van der Waals surface area contributed by atoms with Crippen molar-refractivity contribution in [3.63, 3.8) is 0 Å². The lowest BCUT2D eigenvalue weighted by atomic mass is 10.2. The van der Waals surface area contributed by atoms with E-state index in [0.29, 0.717) is 0 Å². The first-order chi connectivity index (χ1) is 9.49. The number of nitrogens with zero attached hydrogens (tertiary/aromatic N) is 1. The molecule has 20 heavy (non-hydrogen) atoms. The number of sulfonamides is 1. The second-order valence-corrected chi connectivity index (χ2v) is 6.94. The van der Waals surface area contributed by atoms with Gasteiger partial charge in [0.1, 0.15) is 10.7 Å². The van der Waals surface area contributed by atoms with Gasteiger partial charge in [0.15, 0.2) is 0 Å². The van der Waals surface area contributed by atoms with Gasteiger partial charge in [-0.3, -0.25) is 4.98 Å². The molecule has 1 aromatic carbocycles. The van der Waals surface area contributed by atoms with Crippen molar-refractivity contribution in [2.45, 2.75) is 9.72 Å². The molecule has 4 nitrogen and oxygen atoms in total. The fourth-order valence-corrected chi connectivity index (χ4v) is 3.29. The number of aromatic nitrogens is 1. The Morgan fingerprint density at radius 1 is 1.25 bits per heavy atom. The van der Waals surface area contributed by atoms with E-state index in [9.17, 15) is 12.8 Å². The Hall–Kier alpha value is -1.31. The van der Waals surface area contributed by atoms with Gasteiger partial charge >= 0.3 is 0 Å². The van der Waals surface area contributed by atoms with Crippen LogP contribution in [0.4, 0.5) is 4.39 Å². The minimum Gasteiger partial charge on any atom is -0.260 e. The van der Waals surface area contributed by atoms with Crippen LogP contribution < -0.4 is 4.72 Å². The van der Waals surface area contributed by atoms with E-state index in [4.69, 9.17) is 0 Å². The number of benzene rings is 1. The summed E-state index contributed by atoms with van der Waals surface area (Å²) in [5, 5.41) is 0. The molecule has 0 spiro atoms. The van der Waals surface area contributed by atoms with Gasteiger partial charge in [-0.05, 0) is 11.6 Å². The summed E-state index contributed by atoms with van der Waals surface area (Å²) in [5.74, 6) is -0.689. The lowest BCUT2D eigenvalue weighted by molar-refractivity contribution is 0.575. The largest absolute Gasteiger partial charge is 0.260 e. The number of halogens is 2. The van der Waals surface area contributed by atoms with Crippen LogP contribution in [0.25, 0.3) is 0 Å². The van der Waals surface area contributed by atoms with Crippen LogP contribution in [-0.4, -0.2) is 19.9 Å². The third kappa shape index (κ3) is 3.84. The molecule has 0 aliphatic carbocycles. The molecular weight excluding hydrogens is 347 g/mol. The summed E-state index contributed by atoms with van der Waals surface area (Å²) < 4.78 is 39.4. The van der Waals surface area contributed by atoms with Crippen LogP contribution in [0.3, 0.4) is 0 Å². The summed E-state index contributed by atoms with van der Waals surface area (Å²) in [7, 11) is -3.77. The topological polar surface area (TPSA) is 59.1 Å². The Bertz CT molecular complexity index is 680. The zero-order valence-electron chi connectivity index (χ0n) is 10.3. The average molecular weight is 359 g/mol. The van der Waals surface area contributed by atoms with Gasteiger partial charge in [0, 0.05) is 12.7 Å². The van der Waals surface area contributed by atoms with E-state index in [2.05, 4.69) is 25.6 Å². The molecule has 0 amide bonds. The van der Waals surface area contributed by atoms with E-state index >= 15 is 0 Å². The van der Waals surface area contributed by atoms with Gasteiger partial charge < -0.3 is 0 Å². The standard InChI is InChI=1S/C13H12BrFN2O2S/c14-13(10-4-2-1-3-5-10)9-17-20(18,19)12-6-11(15)7-16-8-12/h1-8,13,17H,9H2. The second-order valence-electron chi connectivity index (χ2n) is 4.07. The van der Waals surface area contributed by atoms with Crippen molar-refractivity contribution in [2.24, 2.45) is 0 Å². The van der Waals surface area contributed by atoms with Crippen LogP contribution in [0.2, 0.25) is 0 Å². The maximum absolute atomic E-state index is 13.0. The smallest absolute Gasteiger partial charge is 0.242 e. The van der Waals surface area contributed by atoms with E-state index in [1.54, 1.807) is 0 Å². The molecule has 2 aromatic rings. The van der Waals surface area contributed by atoms with E-state index in [1.165, 1.54) is 0 Å². The second kappa shape index (κ2) is 6.43. The zero-order valence-corrected chi connectivity index (χ0v) is 12.7. The summed E-state index contributed by atoms with van der Waals surface area (Å²) in [5.41, 5.74) is 0.951. The molecular formula is C13H12BrFN2O2S. The molecule has 0 saturated heterocycles. The number of nitrogens with one attached hydrogen (secondary N) is 1. The first-order valence-electron chi connectivity index (χ1n) is 5.78. The highest BCUT2D eigenvalue weighted by Crippen LogP contribution is 2.22. The third-order valence-corrected chi connectivity index (χ3v) is 4.85. The fraction of sp³-hybridized carbons (Fsp3) is 0.154. The summed E-state index contributed by atoms with van der Waals surface area (Å²) >= 11 is 3.41. The Labute approximate surface area is 125 Å². The minimum absolute atomic E-state index is 0.156. The van der Waals surface area contributed by atoms with Gasteiger partial charge in [0.25, 0.3) is 0 Å². The summed E-state index contributed by atoms with van der Waals surface area (Å²) in [6.07, 6.45) is 2.06. The predicted octanol–water partition coefficient (Wildman–Crippen LogP) is 2.64. The number of hydrogen-bond donors (Lipinski definition) is 1. The van der Waals surface area contributed by atoms with Crippen LogP contribution in [0.1, 0.15) is 10.4 Å². The molecule has 0 bridgehead atoms. The molecule has 1 heterocycles. The maximum atomic E-state index is 13.0. The lowest BCUT2D eigenvalue weighted by Gasteiger charge is -2.12. The zero-order chi connectivity index (χ0) is 14.6. The molecule has 0 aliphatic rings. The van der Waals surface area contributed by atoms with Crippen LogP contribution in [0, 0.1) is 5.82 Å².